The Bertz CT molecular complexity index is 491. The number of carbonyl (C=O) groups excluding carboxylic acids is 1. The summed E-state index contributed by atoms with van der Waals surface area (Å²) in [4.78, 5) is 11.9. The van der Waals surface area contributed by atoms with E-state index in [9.17, 15) is 4.79 Å². The van der Waals surface area contributed by atoms with Crippen LogP contribution < -0.4 is 14.8 Å². The summed E-state index contributed by atoms with van der Waals surface area (Å²) in [6, 6.07) is 3.35. The van der Waals surface area contributed by atoms with Gasteiger partial charge in [0.1, 0.15) is 18.6 Å². The zero-order valence-corrected chi connectivity index (χ0v) is 12.2. The van der Waals surface area contributed by atoms with Crippen LogP contribution in [0.25, 0.3) is 0 Å². The number of nitrogens with one attached hydrogen (secondary N) is 1. The lowest BCUT2D eigenvalue weighted by Gasteiger charge is -2.21. The number of benzene rings is 1. The Balaban J connectivity index is 2.25. The molecule has 1 aromatic rings. The van der Waals surface area contributed by atoms with E-state index in [1.807, 2.05) is 13.8 Å². The van der Waals surface area contributed by atoms with E-state index in [1.165, 1.54) is 0 Å². The van der Waals surface area contributed by atoms with Crippen LogP contribution in [0.15, 0.2) is 12.1 Å². The van der Waals surface area contributed by atoms with Crippen LogP contribution >= 0.6 is 23.2 Å². The van der Waals surface area contributed by atoms with E-state index in [0.29, 0.717) is 35.3 Å². The van der Waals surface area contributed by atoms with E-state index in [4.69, 9.17) is 32.7 Å². The van der Waals surface area contributed by atoms with Crippen molar-refractivity contribution in [2.75, 3.05) is 13.2 Å². The van der Waals surface area contributed by atoms with Crippen LogP contribution in [0, 0.1) is 0 Å². The molecule has 0 saturated carbocycles. The molecule has 0 bridgehead atoms. The van der Waals surface area contributed by atoms with Crippen LogP contribution in [0.3, 0.4) is 0 Å². The van der Waals surface area contributed by atoms with Gasteiger partial charge in [0.2, 0.25) is 5.91 Å². The molecule has 1 N–H and O–H groups in total. The molecule has 0 fully saturated rings. The highest BCUT2D eigenvalue weighted by molar-refractivity contribution is 6.33. The fourth-order valence-electron chi connectivity index (χ4n) is 1.79. The van der Waals surface area contributed by atoms with Crippen molar-refractivity contribution in [3.63, 3.8) is 0 Å². The Kier molecular flexibility index (Phi) is 4.42. The maximum Gasteiger partial charge on any atom is 0.242 e. The third kappa shape index (κ3) is 3.25. The molecule has 2 rings (SSSR count). The average Bonchev–Trinajstić information content (AvgIpc) is 2.37. The molecule has 6 heteroatoms. The number of hydrogen-bond acceptors (Lipinski definition) is 3. The number of alkyl halides is 1. The second-order valence-electron chi connectivity index (χ2n) is 4.55. The van der Waals surface area contributed by atoms with Gasteiger partial charge in [-0.3, -0.25) is 4.79 Å². The highest BCUT2D eigenvalue weighted by Crippen LogP contribution is 2.40. The summed E-state index contributed by atoms with van der Waals surface area (Å²) in [6.07, 6.45) is 0. The monoisotopic (exact) mass is 303 g/mol. The molecular weight excluding hydrogens is 289 g/mol. The van der Waals surface area contributed by atoms with Gasteiger partial charge in [-0.1, -0.05) is 11.6 Å². The van der Waals surface area contributed by atoms with Gasteiger partial charge >= 0.3 is 0 Å². The molecule has 1 atom stereocenters. The molecule has 104 valence electrons. The molecule has 0 saturated heterocycles. The van der Waals surface area contributed by atoms with Gasteiger partial charge in [0.25, 0.3) is 0 Å². The molecule has 19 heavy (non-hydrogen) atoms. The normalized spacial score (nSPS) is 15.2. The molecule has 1 aromatic carbocycles. The van der Waals surface area contributed by atoms with Crippen molar-refractivity contribution in [3.8, 4) is 11.5 Å². The van der Waals surface area contributed by atoms with Crippen LogP contribution in [0.5, 0.6) is 11.5 Å². The summed E-state index contributed by atoms with van der Waals surface area (Å²) < 4.78 is 10.9. The first kappa shape index (κ1) is 14.3. The molecule has 0 aromatic heterocycles. The summed E-state index contributed by atoms with van der Waals surface area (Å²) in [5.41, 5.74) is 0.592. The Morgan fingerprint density at radius 1 is 1.32 bits per heavy atom. The minimum absolute atomic E-state index is 0.0291. The van der Waals surface area contributed by atoms with Crippen LogP contribution in [-0.2, 0) is 4.79 Å². The topological polar surface area (TPSA) is 47.6 Å². The highest BCUT2D eigenvalue weighted by Gasteiger charge is 2.23. The third-order valence-corrected chi connectivity index (χ3v) is 3.30. The number of carbonyl (C=O) groups is 1. The number of ether oxygens (including phenoxy) is 2. The molecule has 0 spiro atoms. The summed E-state index contributed by atoms with van der Waals surface area (Å²) in [7, 11) is 0. The van der Waals surface area contributed by atoms with E-state index in [0.717, 1.165) is 0 Å². The minimum Gasteiger partial charge on any atom is -0.486 e. The van der Waals surface area contributed by atoms with E-state index >= 15 is 0 Å². The van der Waals surface area contributed by atoms with E-state index in [2.05, 4.69) is 5.32 Å². The van der Waals surface area contributed by atoms with Crippen molar-refractivity contribution in [1.82, 2.24) is 5.32 Å². The molecule has 1 amide bonds. The maximum atomic E-state index is 11.9. The molecule has 1 unspecified atom stereocenters. The van der Waals surface area contributed by atoms with Gasteiger partial charge in [-0.2, -0.15) is 0 Å². The van der Waals surface area contributed by atoms with Crippen LogP contribution in [0.4, 0.5) is 0 Å². The van der Waals surface area contributed by atoms with Crippen molar-refractivity contribution in [2.24, 2.45) is 0 Å². The SMILES string of the molecule is CC(C)NC(=O)C(Cl)c1cc(Cl)c2c(c1)OCCO2. The molecule has 1 aliphatic heterocycles. The number of amides is 1. The average molecular weight is 304 g/mol. The second-order valence-corrected chi connectivity index (χ2v) is 5.40. The first-order chi connectivity index (χ1) is 8.99. The summed E-state index contributed by atoms with van der Waals surface area (Å²) in [5, 5.41) is 2.34. The largest absolute Gasteiger partial charge is 0.486 e. The van der Waals surface area contributed by atoms with Gasteiger partial charge in [-0.25, -0.2) is 0 Å². The third-order valence-electron chi connectivity index (χ3n) is 2.57. The molecule has 0 radical (unpaired) electrons. The quantitative estimate of drug-likeness (QED) is 0.874. The Hall–Kier alpha value is -1.13. The van der Waals surface area contributed by atoms with E-state index < -0.39 is 5.38 Å². The maximum absolute atomic E-state index is 11.9. The summed E-state index contributed by atoms with van der Waals surface area (Å²) in [6.45, 7) is 4.67. The van der Waals surface area contributed by atoms with Crippen molar-refractivity contribution < 1.29 is 14.3 Å². The lowest BCUT2D eigenvalue weighted by atomic mass is 10.1. The van der Waals surface area contributed by atoms with Crippen molar-refractivity contribution in [2.45, 2.75) is 25.3 Å². The zero-order chi connectivity index (χ0) is 14.0. The molecule has 4 nitrogen and oxygen atoms in total. The lowest BCUT2D eigenvalue weighted by Crippen LogP contribution is -2.32. The van der Waals surface area contributed by atoms with E-state index in [1.54, 1.807) is 12.1 Å². The van der Waals surface area contributed by atoms with E-state index in [-0.39, 0.29) is 11.9 Å². The lowest BCUT2D eigenvalue weighted by molar-refractivity contribution is -0.121. The van der Waals surface area contributed by atoms with Gasteiger partial charge in [0.05, 0.1) is 5.02 Å². The number of halogens is 2. The molecule has 0 aliphatic carbocycles. The fraction of sp³-hybridized carbons (Fsp3) is 0.462. The molecule has 1 heterocycles. The number of hydrogen-bond donors (Lipinski definition) is 1. The predicted octanol–water partition coefficient (Wildman–Crippen LogP) is 2.92. The Labute approximate surface area is 122 Å². The van der Waals surface area contributed by atoms with Crippen LogP contribution in [0.1, 0.15) is 24.8 Å². The van der Waals surface area contributed by atoms with Gasteiger partial charge in [-0.15, -0.1) is 11.6 Å². The fourth-order valence-corrected chi connectivity index (χ4v) is 2.25. The summed E-state index contributed by atoms with van der Waals surface area (Å²) in [5.74, 6) is 0.769. The summed E-state index contributed by atoms with van der Waals surface area (Å²) >= 11 is 12.3. The van der Waals surface area contributed by atoms with Gasteiger partial charge in [-0.05, 0) is 31.5 Å². The van der Waals surface area contributed by atoms with Gasteiger partial charge in [0, 0.05) is 6.04 Å². The smallest absolute Gasteiger partial charge is 0.242 e. The molecule has 1 aliphatic rings. The second kappa shape index (κ2) is 5.88. The van der Waals surface area contributed by atoms with Crippen molar-refractivity contribution in [3.05, 3.63) is 22.7 Å². The van der Waals surface area contributed by atoms with Crippen molar-refractivity contribution >= 4 is 29.1 Å². The first-order valence-corrected chi connectivity index (χ1v) is 6.84. The zero-order valence-electron chi connectivity index (χ0n) is 10.7. The van der Waals surface area contributed by atoms with Crippen molar-refractivity contribution in [1.29, 1.82) is 0 Å². The number of rotatable bonds is 3. The molecular formula is C13H15Cl2NO3. The standard InChI is InChI=1S/C13H15Cl2NO3/c1-7(2)16-13(17)11(15)8-5-9(14)12-10(6-8)18-3-4-19-12/h5-7,11H,3-4H2,1-2H3,(H,16,17). The first-order valence-electron chi connectivity index (χ1n) is 6.02. The minimum atomic E-state index is -0.810. The van der Waals surface area contributed by atoms with Gasteiger partial charge < -0.3 is 14.8 Å². The Morgan fingerprint density at radius 3 is 2.68 bits per heavy atom. The van der Waals surface area contributed by atoms with Crippen LogP contribution in [0.2, 0.25) is 5.02 Å². The van der Waals surface area contributed by atoms with Gasteiger partial charge in [0.15, 0.2) is 11.5 Å². The number of fused-ring (bicyclic) bond motifs is 1. The highest BCUT2D eigenvalue weighted by atomic mass is 35.5. The van der Waals surface area contributed by atoms with Crippen LogP contribution in [-0.4, -0.2) is 25.2 Å². The predicted molar refractivity (Wildman–Crippen MR) is 74.3 cm³/mol. The Morgan fingerprint density at radius 2 is 2.00 bits per heavy atom.